The summed E-state index contributed by atoms with van der Waals surface area (Å²) >= 11 is 0. The monoisotopic (exact) mass is 277 g/mol. The molecule has 0 saturated heterocycles. The first kappa shape index (κ1) is 16.2. The highest BCUT2D eigenvalue weighted by Gasteiger charge is 2.31. The third-order valence-electron chi connectivity index (χ3n) is 2.68. The predicted molar refractivity (Wildman–Crippen MR) is 79.7 cm³/mol. The lowest BCUT2D eigenvalue weighted by Gasteiger charge is -2.24. The second kappa shape index (κ2) is 7.70. The SMILES string of the molecule is C=CCNCc1ccc(OC(C)(C)C(=O)OCC)cc1. The van der Waals surface area contributed by atoms with Crippen molar-refractivity contribution in [3.8, 4) is 5.75 Å². The van der Waals surface area contributed by atoms with Crippen LogP contribution >= 0.6 is 0 Å². The first-order valence-corrected chi connectivity index (χ1v) is 6.76. The number of hydrogen-bond donors (Lipinski definition) is 1. The Hall–Kier alpha value is -1.81. The van der Waals surface area contributed by atoms with E-state index in [0.717, 1.165) is 18.7 Å². The van der Waals surface area contributed by atoms with E-state index >= 15 is 0 Å². The maximum absolute atomic E-state index is 11.7. The normalized spacial score (nSPS) is 10.9. The van der Waals surface area contributed by atoms with Gasteiger partial charge in [-0.3, -0.25) is 0 Å². The quantitative estimate of drug-likeness (QED) is 0.451. The van der Waals surface area contributed by atoms with Gasteiger partial charge in [-0.25, -0.2) is 4.79 Å². The molecule has 0 aromatic heterocycles. The highest BCUT2D eigenvalue weighted by Crippen LogP contribution is 2.20. The fourth-order valence-corrected chi connectivity index (χ4v) is 1.64. The molecule has 0 amide bonds. The second-order valence-corrected chi connectivity index (χ2v) is 4.90. The molecule has 0 aliphatic heterocycles. The van der Waals surface area contributed by atoms with E-state index in [-0.39, 0.29) is 5.97 Å². The molecule has 20 heavy (non-hydrogen) atoms. The maximum atomic E-state index is 11.7. The smallest absolute Gasteiger partial charge is 0.349 e. The Morgan fingerprint density at radius 2 is 2.00 bits per heavy atom. The molecular weight excluding hydrogens is 254 g/mol. The summed E-state index contributed by atoms with van der Waals surface area (Å²) in [4.78, 5) is 11.7. The lowest BCUT2D eigenvalue weighted by Crippen LogP contribution is -2.39. The molecule has 0 aliphatic rings. The zero-order valence-corrected chi connectivity index (χ0v) is 12.4. The Morgan fingerprint density at radius 1 is 1.35 bits per heavy atom. The molecule has 0 atom stereocenters. The maximum Gasteiger partial charge on any atom is 0.349 e. The average molecular weight is 277 g/mol. The fraction of sp³-hybridized carbons (Fsp3) is 0.438. The van der Waals surface area contributed by atoms with Crippen molar-refractivity contribution in [2.45, 2.75) is 32.9 Å². The molecule has 0 radical (unpaired) electrons. The highest BCUT2D eigenvalue weighted by atomic mass is 16.6. The van der Waals surface area contributed by atoms with Gasteiger partial charge in [0.25, 0.3) is 0 Å². The van der Waals surface area contributed by atoms with Crippen LogP contribution in [0.5, 0.6) is 5.75 Å². The Morgan fingerprint density at radius 3 is 2.55 bits per heavy atom. The Balaban J connectivity index is 2.60. The minimum absolute atomic E-state index is 0.347. The number of benzene rings is 1. The van der Waals surface area contributed by atoms with Crippen molar-refractivity contribution in [1.29, 1.82) is 0 Å². The minimum atomic E-state index is -0.987. The van der Waals surface area contributed by atoms with Gasteiger partial charge in [-0.05, 0) is 38.5 Å². The molecule has 4 heteroatoms. The standard InChI is InChI=1S/C16H23NO3/c1-5-11-17-12-13-7-9-14(10-8-13)20-16(3,4)15(18)19-6-2/h5,7-10,17H,1,6,11-12H2,2-4H3. The molecule has 0 heterocycles. The first-order chi connectivity index (χ1) is 9.49. The minimum Gasteiger partial charge on any atom is -0.476 e. The van der Waals surface area contributed by atoms with Gasteiger partial charge < -0.3 is 14.8 Å². The molecule has 0 aliphatic carbocycles. The number of ether oxygens (including phenoxy) is 2. The summed E-state index contributed by atoms with van der Waals surface area (Å²) in [6, 6.07) is 7.64. The molecule has 0 unspecified atom stereocenters. The van der Waals surface area contributed by atoms with E-state index in [9.17, 15) is 4.79 Å². The van der Waals surface area contributed by atoms with E-state index in [4.69, 9.17) is 9.47 Å². The van der Waals surface area contributed by atoms with Gasteiger partial charge in [0.2, 0.25) is 0 Å². The largest absolute Gasteiger partial charge is 0.476 e. The van der Waals surface area contributed by atoms with Gasteiger partial charge in [-0.15, -0.1) is 6.58 Å². The van der Waals surface area contributed by atoms with E-state index < -0.39 is 5.60 Å². The third-order valence-corrected chi connectivity index (χ3v) is 2.68. The van der Waals surface area contributed by atoms with Crippen molar-refractivity contribution in [2.24, 2.45) is 0 Å². The van der Waals surface area contributed by atoms with Crippen LogP contribution in [0, 0.1) is 0 Å². The number of carbonyl (C=O) groups is 1. The molecule has 1 rings (SSSR count). The van der Waals surface area contributed by atoms with Crippen molar-refractivity contribution < 1.29 is 14.3 Å². The lowest BCUT2D eigenvalue weighted by atomic mass is 10.1. The molecule has 1 N–H and O–H groups in total. The zero-order chi connectivity index (χ0) is 15.0. The zero-order valence-electron chi connectivity index (χ0n) is 12.4. The van der Waals surface area contributed by atoms with Crippen LogP contribution in [0.15, 0.2) is 36.9 Å². The molecule has 0 spiro atoms. The Kier molecular flexibility index (Phi) is 6.25. The summed E-state index contributed by atoms with van der Waals surface area (Å²) in [7, 11) is 0. The molecule has 110 valence electrons. The summed E-state index contributed by atoms with van der Waals surface area (Å²) < 4.78 is 10.7. The number of rotatable bonds is 8. The van der Waals surface area contributed by atoms with Gasteiger partial charge >= 0.3 is 5.97 Å². The van der Waals surface area contributed by atoms with Crippen LogP contribution in [0.2, 0.25) is 0 Å². The van der Waals surface area contributed by atoms with Gasteiger partial charge in [-0.1, -0.05) is 18.2 Å². The average Bonchev–Trinajstić information content (AvgIpc) is 2.41. The lowest BCUT2D eigenvalue weighted by molar-refractivity contribution is -0.158. The van der Waals surface area contributed by atoms with Gasteiger partial charge in [0.05, 0.1) is 6.61 Å². The number of esters is 1. The summed E-state index contributed by atoms with van der Waals surface area (Å²) in [6.07, 6.45) is 1.82. The van der Waals surface area contributed by atoms with E-state index in [1.54, 1.807) is 20.8 Å². The van der Waals surface area contributed by atoms with Crippen molar-refractivity contribution in [3.05, 3.63) is 42.5 Å². The van der Waals surface area contributed by atoms with Gasteiger partial charge in [0.1, 0.15) is 5.75 Å². The number of nitrogens with one attached hydrogen (secondary N) is 1. The third kappa shape index (κ3) is 5.05. The van der Waals surface area contributed by atoms with E-state index in [2.05, 4.69) is 11.9 Å². The van der Waals surface area contributed by atoms with Crippen LogP contribution in [0.1, 0.15) is 26.3 Å². The number of carbonyl (C=O) groups excluding carboxylic acids is 1. The molecule has 0 fully saturated rings. The molecular formula is C16H23NO3. The van der Waals surface area contributed by atoms with Crippen molar-refractivity contribution >= 4 is 5.97 Å². The van der Waals surface area contributed by atoms with Crippen molar-refractivity contribution in [3.63, 3.8) is 0 Å². The Labute approximate surface area is 120 Å². The number of hydrogen-bond acceptors (Lipinski definition) is 4. The molecule has 4 nitrogen and oxygen atoms in total. The van der Waals surface area contributed by atoms with E-state index in [1.165, 1.54) is 0 Å². The topological polar surface area (TPSA) is 47.6 Å². The van der Waals surface area contributed by atoms with Crippen LogP contribution in [-0.4, -0.2) is 24.7 Å². The van der Waals surface area contributed by atoms with Crippen LogP contribution in [-0.2, 0) is 16.1 Å². The first-order valence-electron chi connectivity index (χ1n) is 6.76. The van der Waals surface area contributed by atoms with Gasteiger partial charge in [-0.2, -0.15) is 0 Å². The molecule has 0 bridgehead atoms. The van der Waals surface area contributed by atoms with E-state index in [0.29, 0.717) is 12.4 Å². The molecule has 1 aromatic carbocycles. The van der Waals surface area contributed by atoms with Gasteiger partial charge in [0, 0.05) is 13.1 Å². The van der Waals surface area contributed by atoms with Crippen LogP contribution < -0.4 is 10.1 Å². The second-order valence-electron chi connectivity index (χ2n) is 4.90. The summed E-state index contributed by atoms with van der Waals surface area (Å²) in [5, 5.41) is 3.22. The van der Waals surface area contributed by atoms with Crippen LogP contribution in [0.4, 0.5) is 0 Å². The molecule has 1 aromatic rings. The van der Waals surface area contributed by atoms with Crippen LogP contribution in [0.25, 0.3) is 0 Å². The van der Waals surface area contributed by atoms with Gasteiger partial charge in [0.15, 0.2) is 5.60 Å². The predicted octanol–water partition coefficient (Wildman–Crippen LogP) is 2.68. The Bertz CT molecular complexity index is 438. The van der Waals surface area contributed by atoms with Crippen LogP contribution in [0.3, 0.4) is 0 Å². The fourth-order valence-electron chi connectivity index (χ4n) is 1.64. The summed E-state index contributed by atoms with van der Waals surface area (Å²) in [5.74, 6) is 0.284. The molecule has 0 saturated carbocycles. The van der Waals surface area contributed by atoms with Crippen molar-refractivity contribution in [2.75, 3.05) is 13.2 Å². The summed E-state index contributed by atoms with van der Waals surface area (Å²) in [5.41, 5.74) is 0.159. The van der Waals surface area contributed by atoms with Crippen molar-refractivity contribution in [1.82, 2.24) is 5.32 Å². The summed E-state index contributed by atoms with van der Waals surface area (Å²) in [6.45, 7) is 10.7. The highest BCUT2D eigenvalue weighted by molar-refractivity contribution is 5.79. The van der Waals surface area contributed by atoms with E-state index in [1.807, 2.05) is 30.3 Å².